The van der Waals surface area contributed by atoms with E-state index in [0.29, 0.717) is 18.9 Å². The molecule has 0 aliphatic carbocycles. The van der Waals surface area contributed by atoms with Gasteiger partial charge < -0.3 is 9.64 Å². The van der Waals surface area contributed by atoms with Crippen LogP contribution in [-0.2, 0) is 4.74 Å². The van der Waals surface area contributed by atoms with Crippen molar-refractivity contribution in [2.24, 2.45) is 0 Å². The van der Waals surface area contributed by atoms with E-state index < -0.39 is 0 Å². The van der Waals surface area contributed by atoms with Crippen molar-refractivity contribution in [1.29, 1.82) is 5.26 Å². The van der Waals surface area contributed by atoms with Crippen molar-refractivity contribution in [2.45, 2.75) is 19.4 Å². The van der Waals surface area contributed by atoms with E-state index >= 15 is 0 Å². The van der Waals surface area contributed by atoms with Crippen molar-refractivity contribution in [2.75, 3.05) is 24.7 Å². The quantitative estimate of drug-likeness (QED) is 0.716. The summed E-state index contributed by atoms with van der Waals surface area (Å²) >= 11 is 0. The van der Waals surface area contributed by atoms with Crippen LogP contribution in [0.3, 0.4) is 0 Å². The number of pyridine rings is 1. The van der Waals surface area contributed by atoms with Crippen molar-refractivity contribution < 1.29 is 4.74 Å². The van der Waals surface area contributed by atoms with E-state index in [1.165, 1.54) is 0 Å². The minimum Gasteiger partial charge on any atom is -0.377 e. The molecule has 4 heteroatoms. The van der Waals surface area contributed by atoms with E-state index in [1.807, 2.05) is 12.1 Å². The van der Waals surface area contributed by atoms with Crippen LogP contribution in [0.4, 0.5) is 5.82 Å². The Morgan fingerprint density at radius 1 is 1.50 bits per heavy atom. The Bertz CT molecular complexity index is 423. The van der Waals surface area contributed by atoms with E-state index in [0.717, 1.165) is 12.4 Å². The summed E-state index contributed by atoms with van der Waals surface area (Å²) in [7, 11) is 0. The summed E-state index contributed by atoms with van der Waals surface area (Å²) in [6.07, 6.45) is 0. The third-order valence-corrected chi connectivity index (χ3v) is 2.77. The van der Waals surface area contributed by atoms with Gasteiger partial charge in [0.05, 0.1) is 18.8 Å². The van der Waals surface area contributed by atoms with Gasteiger partial charge in [0, 0.05) is 6.54 Å². The molecule has 0 amide bonds. The molecule has 2 heterocycles. The maximum absolute atomic E-state index is 8.83. The minimum absolute atomic E-state index is 0.0701. The Labute approximate surface area is 95.5 Å². The molecule has 84 valence electrons. The first-order chi connectivity index (χ1) is 7.63. The van der Waals surface area contributed by atoms with E-state index in [4.69, 9.17) is 10.00 Å². The van der Waals surface area contributed by atoms with Gasteiger partial charge in [-0.05, 0) is 26.0 Å². The smallest absolute Gasteiger partial charge is 0.142 e. The molecule has 0 atom stereocenters. The SMILES string of the molecule is CC1(C)COCCN1c1cccc(C#N)n1. The van der Waals surface area contributed by atoms with Gasteiger partial charge in [-0.2, -0.15) is 5.26 Å². The first-order valence-electron chi connectivity index (χ1n) is 5.36. The molecule has 1 aromatic rings. The number of nitriles is 1. The van der Waals surface area contributed by atoms with Crippen LogP contribution in [0.1, 0.15) is 19.5 Å². The Hall–Kier alpha value is -1.60. The van der Waals surface area contributed by atoms with Crippen molar-refractivity contribution in [3.05, 3.63) is 23.9 Å². The second kappa shape index (κ2) is 4.11. The fourth-order valence-electron chi connectivity index (χ4n) is 1.92. The molecule has 1 fully saturated rings. The van der Waals surface area contributed by atoms with Gasteiger partial charge in [0.25, 0.3) is 0 Å². The molecule has 0 unspecified atom stereocenters. The lowest BCUT2D eigenvalue weighted by Crippen LogP contribution is -2.53. The highest BCUT2D eigenvalue weighted by Gasteiger charge is 2.31. The zero-order valence-electron chi connectivity index (χ0n) is 9.60. The normalized spacial score (nSPS) is 19.2. The number of hydrogen-bond donors (Lipinski definition) is 0. The molecule has 0 saturated carbocycles. The number of hydrogen-bond acceptors (Lipinski definition) is 4. The zero-order valence-corrected chi connectivity index (χ0v) is 9.60. The van der Waals surface area contributed by atoms with Gasteiger partial charge in [0.2, 0.25) is 0 Å². The Balaban J connectivity index is 2.32. The van der Waals surface area contributed by atoms with E-state index in [2.05, 4.69) is 29.8 Å². The van der Waals surface area contributed by atoms with E-state index in [-0.39, 0.29) is 5.54 Å². The molecule has 1 saturated heterocycles. The van der Waals surface area contributed by atoms with Gasteiger partial charge in [0.15, 0.2) is 0 Å². The van der Waals surface area contributed by atoms with Gasteiger partial charge in [0.1, 0.15) is 17.6 Å². The van der Waals surface area contributed by atoms with Gasteiger partial charge >= 0.3 is 0 Å². The van der Waals surface area contributed by atoms with E-state index in [1.54, 1.807) is 6.07 Å². The monoisotopic (exact) mass is 217 g/mol. The molecule has 0 N–H and O–H groups in total. The fourth-order valence-corrected chi connectivity index (χ4v) is 1.92. The minimum atomic E-state index is -0.0701. The van der Waals surface area contributed by atoms with Crippen LogP contribution in [0, 0.1) is 11.3 Å². The largest absolute Gasteiger partial charge is 0.377 e. The maximum atomic E-state index is 8.83. The lowest BCUT2D eigenvalue weighted by molar-refractivity contribution is 0.0639. The van der Waals surface area contributed by atoms with Crippen LogP contribution in [0.5, 0.6) is 0 Å². The Morgan fingerprint density at radius 2 is 2.31 bits per heavy atom. The first-order valence-corrected chi connectivity index (χ1v) is 5.36. The van der Waals surface area contributed by atoms with Gasteiger partial charge in [-0.1, -0.05) is 6.07 Å². The molecular formula is C12H15N3O. The molecular weight excluding hydrogens is 202 g/mol. The summed E-state index contributed by atoms with van der Waals surface area (Å²) in [6, 6.07) is 7.59. The summed E-state index contributed by atoms with van der Waals surface area (Å²) < 4.78 is 5.46. The fraction of sp³-hybridized carbons (Fsp3) is 0.500. The second-order valence-electron chi connectivity index (χ2n) is 4.51. The average Bonchev–Trinajstić information content (AvgIpc) is 2.28. The number of rotatable bonds is 1. The molecule has 2 rings (SSSR count). The maximum Gasteiger partial charge on any atom is 0.142 e. The molecule has 1 aromatic heterocycles. The summed E-state index contributed by atoms with van der Waals surface area (Å²) in [6.45, 7) is 6.45. The molecule has 0 bridgehead atoms. The Morgan fingerprint density at radius 3 is 3.00 bits per heavy atom. The number of aromatic nitrogens is 1. The van der Waals surface area contributed by atoms with Crippen LogP contribution in [0.15, 0.2) is 18.2 Å². The molecule has 0 radical (unpaired) electrons. The van der Waals surface area contributed by atoms with Gasteiger partial charge in [-0.3, -0.25) is 0 Å². The van der Waals surface area contributed by atoms with Gasteiger partial charge in [-0.25, -0.2) is 4.98 Å². The summed E-state index contributed by atoms with van der Waals surface area (Å²) in [5.41, 5.74) is 0.388. The third kappa shape index (κ3) is 2.00. The lowest BCUT2D eigenvalue weighted by atomic mass is 10.0. The zero-order chi connectivity index (χ0) is 11.6. The summed E-state index contributed by atoms with van der Waals surface area (Å²) in [4.78, 5) is 6.51. The summed E-state index contributed by atoms with van der Waals surface area (Å²) in [5, 5.41) is 8.83. The number of morpholine rings is 1. The molecule has 0 spiro atoms. The highest BCUT2D eigenvalue weighted by Crippen LogP contribution is 2.25. The molecule has 1 aliphatic rings. The molecule has 1 aliphatic heterocycles. The predicted octanol–water partition coefficient (Wildman–Crippen LogP) is 1.57. The highest BCUT2D eigenvalue weighted by atomic mass is 16.5. The van der Waals surface area contributed by atoms with Crippen LogP contribution in [0.25, 0.3) is 0 Å². The molecule has 16 heavy (non-hydrogen) atoms. The average molecular weight is 217 g/mol. The number of nitrogens with zero attached hydrogens (tertiary/aromatic N) is 3. The second-order valence-corrected chi connectivity index (χ2v) is 4.51. The van der Waals surface area contributed by atoms with Crippen LogP contribution in [0.2, 0.25) is 0 Å². The van der Waals surface area contributed by atoms with Crippen molar-refractivity contribution in [3.63, 3.8) is 0 Å². The standard InChI is InChI=1S/C12H15N3O/c1-12(2)9-16-7-6-15(12)11-5-3-4-10(8-13)14-11/h3-5H,6-7,9H2,1-2H3. The Kier molecular flexibility index (Phi) is 2.80. The van der Waals surface area contributed by atoms with Gasteiger partial charge in [-0.15, -0.1) is 0 Å². The summed E-state index contributed by atoms with van der Waals surface area (Å²) in [5.74, 6) is 0.854. The van der Waals surface area contributed by atoms with Crippen LogP contribution in [-0.4, -0.2) is 30.3 Å². The van der Waals surface area contributed by atoms with Crippen molar-refractivity contribution in [1.82, 2.24) is 4.98 Å². The first kappa shape index (κ1) is 10.9. The molecule has 0 aromatic carbocycles. The lowest BCUT2D eigenvalue weighted by Gasteiger charge is -2.42. The number of anilines is 1. The van der Waals surface area contributed by atoms with Crippen LogP contribution < -0.4 is 4.90 Å². The topological polar surface area (TPSA) is 49.1 Å². The van der Waals surface area contributed by atoms with Crippen molar-refractivity contribution >= 4 is 5.82 Å². The molecule has 4 nitrogen and oxygen atoms in total. The van der Waals surface area contributed by atoms with Crippen LogP contribution >= 0.6 is 0 Å². The number of ether oxygens (including phenoxy) is 1. The van der Waals surface area contributed by atoms with E-state index in [9.17, 15) is 0 Å². The third-order valence-electron chi connectivity index (χ3n) is 2.77. The predicted molar refractivity (Wildman–Crippen MR) is 61.2 cm³/mol. The van der Waals surface area contributed by atoms with Crippen molar-refractivity contribution in [3.8, 4) is 6.07 Å². The highest BCUT2D eigenvalue weighted by molar-refractivity contribution is 5.44.